The minimum atomic E-state index is -2.32. The molecular formula is C13H19F2NO. The summed E-state index contributed by atoms with van der Waals surface area (Å²) in [5, 5.41) is 2.77. The van der Waals surface area contributed by atoms with Crippen molar-refractivity contribution in [1.82, 2.24) is 5.32 Å². The van der Waals surface area contributed by atoms with Gasteiger partial charge in [-0.2, -0.15) is 0 Å². The summed E-state index contributed by atoms with van der Waals surface area (Å²) >= 11 is 0. The molecule has 0 amide bonds. The van der Waals surface area contributed by atoms with E-state index in [2.05, 4.69) is 5.32 Å². The summed E-state index contributed by atoms with van der Waals surface area (Å²) in [6.45, 7) is 5.49. The van der Waals surface area contributed by atoms with Gasteiger partial charge in [0.05, 0.1) is 12.6 Å². The molecule has 17 heavy (non-hydrogen) atoms. The minimum absolute atomic E-state index is 0.0860. The van der Waals surface area contributed by atoms with Crippen molar-refractivity contribution in [3.05, 3.63) is 29.8 Å². The van der Waals surface area contributed by atoms with Crippen molar-refractivity contribution in [3.8, 4) is 5.75 Å². The first-order valence-electron chi connectivity index (χ1n) is 5.77. The van der Waals surface area contributed by atoms with Crippen LogP contribution in [0, 0.1) is 0 Å². The third kappa shape index (κ3) is 5.13. The standard InChI is InChI=1S/C13H19F2NO/c1-9(2)17-12-6-4-11(5-7-12)10(3)16-8-13(14)15/h4-7,9-10,13,16H,8H2,1-3H3. The average Bonchev–Trinajstić information content (AvgIpc) is 2.26. The Labute approximate surface area is 101 Å². The molecule has 1 rings (SSSR count). The molecule has 0 saturated heterocycles. The van der Waals surface area contributed by atoms with Crippen LogP contribution in [0.3, 0.4) is 0 Å². The lowest BCUT2D eigenvalue weighted by atomic mass is 10.1. The van der Waals surface area contributed by atoms with Gasteiger partial charge >= 0.3 is 0 Å². The van der Waals surface area contributed by atoms with Gasteiger partial charge in [-0.25, -0.2) is 8.78 Å². The molecule has 1 aromatic carbocycles. The Bertz CT molecular complexity index is 325. The third-order valence-corrected chi connectivity index (χ3v) is 2.33. The summed E-state index contributed by atoms with van der Waals surface area (Å²) in [6.07, 6.45) is -2.18. The zero-order valence-corrected chi connectivity index (χ0v) is 10.4. The molecule has 0 radical (unpaired) electrons. The maximum Gasteiger partial charge on any atom is 0.250 e. The maximum atomic E-state index is 12.0. The second-order valence-electron chi connectivity index (χ2n) is 4.26. The van der Waals surface area contributed by atoms with E-state index >= 15 is 0 Å². The molecule has 0 heterocycles. The molecule has 1 N–H and O–H groups in total. The van der Waals surface area contributed by atoms with Gasteiger partial charge in [0.1, 0.15) is 5.75 Å². The summed E-state index contributed by atoms with van der Waals surface area (Å²) in [4.78, 5) is 0. The SMILES string of the molecule is CC(C)Oc1ccc(C(C)NCC(F)F)cc1. The van der Waals surface area contributed by atoms with Gasteiger partial charge in [0.25, 0.3) is 6.43 Å². The van der Waals surface area contributed by atoms with E-state index in [0.29, 0.717) is 0 Å². The molecule has 0 aliphatic rings. The quantitative estimate of drug-likeness (QED) is 0.827. The molecule has 0 bridgehead atoms. The summed E-state index contributed by atoms with van der Waals surface area (Å²) in [7, 11) is 0. The van der Waals surface area contributed by atoms with Gasteiger partial charge in [-0.05, 0) is 38.5 Å². The van der Waals surface area contributed by atoms with Crippen LogP contribution in [-0.2, 0) is 0 Å². The highest BCUT2D eigenvalue weighted by atomic mass is 19.3. The normalized spacial score (nSPS) is 13.1. The van der Waals surface area contributed by atoms with Gasteiger partial charge in [-0.1, -0.05) is 12.1 Å². The molecule has 4 heteroatoms. The Hall–Kier alpha value is -1.16. The highest BCUT2D eigenvalue weighted by molar-refractivity contribution is 5.29. The van der Waals surface area contributed by atoms with Crippen molar-refractivity contribution in [2.24, 2.45) is 0 Å². The lowest BCUT2D eigenvalue weighted by Gasteiger charge is -2.15. The Morgan fingerprint density at radius 3 is 2.18 bits per heavy atom. The van der Waals surface area contributed by atoms with Crippen molar-refractivity contribution in [3.63, 3.8) is 0 Å². The molecule has 1 unspecified atom stereocenters. The van der Waals surface area contributed by atoms with Gasteiger partial charge in [-0.3, -0.25) is 0 Å². The predicted octanol–water partition coefficient (Wildman–Crippen LogP) is 3.39. The van der Waals surface area contributed by atoms with Crippen molar-refractivity contribution in [2.75, 3.05) is 6.54 Å². The van der Waals surface area contributed by atoms with Crippen LogP contribution in [0.25, 0.3) is 0 Å². The molecule has 96 valence electrons. The monoisotopic (exact) mass is 243 g/mol. The Morgan fingerprint density at radius 2 is 1.71 bits per heavy atom. The summed E-state index contributed by atoms with van der Waals surface area (Å²) in [6, 6.07) is 7.41. The van der Waals surface area contributed by atoms with Gasteiger partial charge in [-0.15, -0.1) is 0 Å². The van der Waals surface area contributed by atoms with E-state index in [1.54, 1.807) is 0 Å². The van der Waals surface area contributed by atoms with Crippen LogP contribution in [0.1, 0.15) is 32.4 Å². The van der Waals surface area contributed by atoms with Gasteiger partial charge in [0.15, 0.2) is 0 Å². The van der Waals surface area contributed by atoms with Gasteiger partial charge in [0.2, 0.25) is 0 Å². The molecule has 0 saturated carbocycles. The molecule has 1 aromatic rings. The third-order valence-electron chi connectivity index (χ3n) is 2.33. The predicted molar refractivity (Wildman–Crippen MR) is 64.6 cm³/mol. The molecule has 1 atom stereocenters. The number of hydrogen-bond acceptors (Lipinski definition) is 2. The van der Waals surface area contributed by atoms with Crippen molar-refractivity contribution < 1.29 is 13.5 Å². The topological polar surface area (TPSA) is 21.3 Å². The lowest BCUT2D eigenvalue weighted by molar-refractivity contribution is 0.142. The van der Waals surface area contributed by atoms with Crippen LogP contribution in [0.2, 0.25) is 0 Å². The number of nitrogens with one attached hydrogen (secondary N) is 1. The molecule has 0 spiro atoms. The van der Waals surface area contributed by atoms with Crippen LogP contribution in [0.5, 0.6) is 5.75 Å². The first-order valence-corrected chi connectivity index (χ1v) is 5.77. The molecule has 2 nitrogen and oxygen atoms in total. The van der Waals surface area contributed by atoms with E-state index in [1.807, 2.05) is 45.0 Å². The number of halogens is 2. The smallest absolute Gasteiger partial charge is 0.250 e. The van der Waals surface area contributed by atoms with Gasteiger partial charge in [0, 0.05) is 6.04 Å². The van der Waals surface area contributed by atoms with E-state index in [9.17, 15) is 8.78 Å². The molecule has 0 aliphatic heterocycles. The number of ether oxygens (including phenoxy) is 1. The largest absolute Gasteiger partial charge is 0.491 e. The fraction of sp³-hybridized carbons (Fsp3) is 0.538. The highest BCUT2D eigenvalue weighted by Gasteiger charge is 2.08. The second kappa shape index (κ2) is 6.55. The fourth-order valence-corrected chi connectivity index (χ4v) is 1.49. The van der Waals surface area contributed by atoms with Crippen LogP contribution >= 0.6 is 0 Å². The van der Waals surface area contributed by atoms with E-state index in [1.165, 1.54) is 0 Å². The van der Waals surface area contributed by atoms with Crippen LogP contribution in [0.4, 0.5) is 8.78 Å². The molecule has 0 aromatic heterocycles. The van der Waals surface area contributed by atoms with Crippen LogP contribution in [0.15, 0.2) is 24.3 Å². The number of alkyl halides is 2. The number of benzene rings is 1. The van der Waals surface area contributed by atoms with E-state index in [0.717, 1.165) is 11.3 Å². The second-order valence-corrected chi connectivity index (χ2v) is 4.26. The zero-order valence-electron chi connectivity index (χ0n) is 10.4. The van der Waals surface area contributed by atoms with Crippen molar-refractivity contribution in [2.45, 2.75) is 39.3 Å². The highest BCUT2D eigenvalue weighted by Crippen LogP contribution is 2.18. The van der Waals surface area contributed by atoms with Crippen molar-refractivity contribution in [1.29, 1.82) is 0 Å². The molecule has 0 fully saturated rings. The van der Waals surface area contributed by atoms with Gasteiger partial charge < -0.3 is 10.1 Å². The molecular weight excluding hydrogens is 224 g/mol. The Kier molecular flexibility index (Phi) is 5.35. The van der Waals surface area contributed by atoms with E-state index in [-0.39, 0.29) is 18.7 Å². The van der Waals surface area contributed by atoms with E-state index < -0.39 is 6.43 Å². The maximum absolute atomic E-state index is 12.0. The van der Waals surface area contributed by atoms with E-state index in [4.69, 9.17) is 4.74 Å². The van der Waals surface area contributed by atoms with Crippen LogP contribution in [-0.4, -0.2) is 19.1 Å². The Balaban J connectivity index is 2.54. The summed E-state index contributed by atoms with van der Waals surface area (Å²) in [5.41, 5.74) is 0.974. The number of hydrogen-bond donors (Lipinski definition) is 1. The minimum Gasteiger partial charge on any atom is -0.491 e. The first kappa shape index (κ1) is 13.9. The lowest BCUT2D eigenvalue weighted by Crippen LogP contribution is -2.24. The number of rotatable bonds is 6. The Morgan fingerprint density at radius 1 is 1.12 bits per heavy atom. The molecule has 0 aliphatic carbocycles. The zero-order chi connectivity index (χ0) is 12.8. The first-order chi connectivity index (χ1) is 7.99. The average molecular weight is 243 g/mol. The van der Waals surface area contributed by atoms with Crippen molar-refractivity contribution >= 4 is 0 Å². The fourth-order valence-electron chi connectivity index (χ4n) is 1.49. The summed E-state index contributed by atoms with van der Waals surface area (Å²) in [5.74, 6) is 0.796. The summed E-state index contributed by atoms with van der Waals surface area (Å²) < 4.78 is 29.6. The van der Waals surface area contributed by atoms with Crippen LogP contribution < -0.4 is 10.1 Å².